The zero-order chi connectivity index (χ0) is 26.8. The van der Waals surface area contributed by atoms with E-state index in [1.165, 1.54) is 13.2 Å². The number of aromatic nitrogens is 2. The maximum atomic E-state index is 12.5. The predicted molar refractivity (Wildman–Crippen MR) is 137 cm³/mol. The molecule has 1 N–H and O–H groups in total. The number of anilines is 1. The van der Waals surface area contributed by atoms with E-state index >= 15 is 0 Å². The maximum absolute atomic E-state index is 12.5. The van der Waals surface area contributed by atoms with Gasteiger partial charge >= 0.3 is 0 Å². The van der Waals surface area contributed by atoms with Crippen LogP contribution in [0.25, 0.3) is 6.08 Å². The lowest BCUT2D eigenvalue weighted by Crippen LogP contribution is -2.13. The first kappa shape index (κ1) is 27.4. The number of benzene rings is 2. The number of nitrogens with one attached hydrogen (secondary N) is 1. The second kappa shape index (κ2) is 12.7. The summed E-state index contributed by atoms with van der Waals surface area (Å²) in [5.74, 6) is 1.64. The summed E-state index contributed by atoms with van der Waals surface area (Å²) in [6, 6.07) is 14.1. The van der Waals surface area contributed by atoms with E-state index in [0.717, 1.165) is 17.8 Å². The third-order valence-electron chi connectivity index (χ3n) is 4.68. The van der Waals surface area contributed by atoms with Crippen LogP contribution in [0.15, 0.2) is 52.4 Å². The highest BCUT2D eigenvalue weighted by molar-refractivity contribution is 7.92. The van der Waals surface area contributed by atoms with Gasteiger partial charge in [-0.15, -0.1) is 10.2 Å². The molecule has 0 spiro atoms. The van der Waals surface area contributed by atoms with Crippen molar-refractivity contribution in [1.82, 2.24) is 10.2 Å². The molecule has 0 fully saturated rings. The molecule has 0 bridgehead atoms. The molecule has 3 aromatic rings. The molecule has 0 aliphatic heterocycles. The minimum absolute atomic E-state index is 0.0381. The quantitative estimate of drug-likeness (QED) is 0.156. The Hall–Kier alpha value is -4.15. The fourth-order valence-corrected chi connectivity index (χ4v) is 4.39. The Balaban J connectivity index is 1.57. The van der Waals surface area contributed by atoms with Crippen molar-refractivity contribution >= 4 is 38.3 Å². The Morgan fingerprint density at radius 3 is 2.35 bits per heavy atom. The van der Waals surface area contributed by atoms with Crippen molar-refractivity contribution < 1.29 is 32.2 Å². The van der Waals surface area contributed by atoms with Gasteiger partial charge in [-0.1, -0.05) is 17.4 Å². The summed E-state index contributed by atoms with van der Waals surface area (Å²) in [4.78, 5) is 12.5. The number of hydrogen-bond donors (Lipinski definition) is 1. The summed E-state index contributed by atoms with van der Waals surface area (Å²) in [5.41, 5.74) is 0.301. The zero-order valence-electron chi connectivity index (χ0n) is 20.3. The number of carbonyl (C=O) groups excluding carboxylic acids is 1. The summed E-state index contributed by atoms with van der Waals surface area (Å²) < 4.78 is 44.8. The predicted octanol–water partition coefficient (Wildman–Crippen LogP) is 3.35. The summed E-state index contributed by atoms with van der Waals surface area (Å²) in [7, 11) is -0.469. The third-order valence-corrected chi connectivity index (χ3v) is 7.19. The smallest absolute Gasteiger partial charge is 0.268 e. The Morgan fingerprint density at radius 2 is 1.73 bits per heavy atom. The Kier molecular flexibility index (Phi) is 9.42. The van der Waals surface area contributed by atoms with E-state index in [0.29, 0.717) is 48.0 Å². The molecule has 194 valence electrons. The van der Waals surface area contributed by atoms with Gasteiger partial charge in [0.1, 0.15) is 23.1 Å². The van der Waals surface area contributed by atoms with Crippen LogP contribution in [0, 0.1) is 11.3 Å². The van der Waals surface area contributed by atoms with Crippen molar-refractivity contribution in [3.63, 3.8) is 0 Å². The molecule has 3 rings (SSSR count). The number of carbonyl (C=O) groups is 1. The molecule has 37 heavy (non-hydrogen) atoms. The van der Waals surface area contributed by atoms with Crippen LogP contribution in [0.5, 0.6) is 23.0 Å². The molecule has 11 nitrogen and oxygen atoms in total. The molecule has 1 aromatic heterocycles. The average Bonchev–Trinajstić information content (AvgIpc) is 3.37. The molecule has 1 amide bonds. The average molecular weight is 545 g/mol. The van der Waals surface area contributed by atoms with E-state index in [-0.39, 0.29) is 15.0 Å². The molecular weight excluding hydrogens is 520 g/mol. The van der Waals surface area contributed by atoms with E-state index in [9.17, 15) is 18.5 Å². The van der Waals surface area contributed by atoms with Crippen molar-refractivity contribution in [3.05, 3.63) is 53.6 Å². The monoisotopic (exact) mass is 544 g/mol. The standard InChI is InChI=1S/C24H24N4O7S2/c1-32-18-6-8-19(9-7-18)34-11-4-12-35-20-10-5-16(14-21(20)33-2)13-17(15-25)22(29)26-23-27-28-24(36-23)37(3,30)31/h5-10,13-14H,4,11-12H2,1-3H3,(H,26,27,29)/b17-13-. The fraction of sp³-hybridized carbons (Fsp3) is 0.250. The summed E-state index contributed by atoms with van der Waals surface area (Å²) in [6.07, 6.45) is 2.97. The van der Waals surface area contributed by atoms with Crippen molar-refractivity contribution in [2.75, 3.05) is 39.0 Å². The largest absolute Gasteiger partial charge is 0.497 e. The number of methoxy groups -OCH3 is 2. The molecule has 0 radical (unpaired) electrons. The van der Waals surface area contributed by atoms with Crippen LogP contribution >= 0.6 is 11.3 Å². The molecule has 13 heteroatoms. The summed E-state index contributed by atoms with van der Waals surface area (Å²) >= 11 is 0.692. The minimum Gasteiger partial charge on any atom is -0.497 e. The first-order valence-electron chi connectivity index (χ1n) is 10.8. The van der Waals surface area contributed by atoms with E-state index in [1.54, 1.807) is 25.3 Å². The fourth-order valence-electron chi connectivity index (χ4n) is 2.89. The minimum atomic E-state index is -3.55. The van der Waals surface area contributed by atoms with Gasteiger partial charge in [-0.2, -0.15) is 5.26 Å². The number of hydrogen-bond acceptors (Lipinski definition) is 11. The highest BCUT2D eigenvalue weighted by atomic mass is 32.2. The van der Waals surface area contributed by atoms with Gasteiger partial charge in [0.05, 0.1) is 27.4 Å². The highest BCUT2D eigenvalue weighted by Crippen LogP contribution is 2.29. The van der Waals surface area contributed by atoms with Gasteiger partial charge < -0.3 is 18.9 Å². The SMILES string of the molecule is COc1ccc(OCCCOc2ccc(/C=C(/C#N)C(=O)Nc3nnc(S(C)(=O)=O)s3)cc2OC)cc1. The van der Waals surface area contributed by atoms with Crippen LogP contribution in [0.4, 0.5) is 5.13 Å². The van der Waals surface area contributed by atoms with Gasteiger partial charge in [0.15, 0.2) is 11.5 Å². The molecule has 0 atom stereocenters. The Morgan fingerprint density at radius 1 is 1.03 bits per heavy atom. The van der Waals surface area contributed by atoms with Crippen molar-refractivity contribution in [3.8, 4) is 29.1 Å². The van der Waals surface area contributed by atoms with Crippen LogP contribution in [0.2, 0.25) is 0 Å². The summed E-state index contributed by atoms with van der Waals surface area (Å²) in [5, 5.41) is 18.9. The second-order valence-electron chi connectivity index (χ2n) is 7.41. The van der Waals surface area contributed by atoms with Crippen molar-refractivity contribution in [2.24, 2.45) is 0 Å². The van der Waals surface area contributed by atoms with Gasteiger partial charge in [0, 0.05) is 12.7 Å². The molecular formula is C24H24N4O7S2. The van der Waals surface area contributed by atoms with Crippen molar-refractivity contribution in [1.29, 1.82) is 5.26 Å². The van der Waals surface area contributed by atoms with Gasteiger partial charge in [0.25, 0.3) is 5.91 Å². The maximum Gasteiger partial charge on any atom is 0.268 e. The Labute approximate surface area is 218 Å². The highest BCUT2D eigenvalue weighted by Gasteiger charge is 2.17. The van der Waals surface area contributed by atoms with Crippen LogP contribution in [0.3, 0.4) is 0 Å². The second-order valence-corrected chi connectivity index (χ2v) is 10.6. The lowest BCUT2D eigenvalue weighted by atomic mass is 10.1. The molecule has 0 unspecified atom stereocenters. The van der Waals surface area contributed by atoms with Gasteiger partial charge in [-0.25, -0.2) is 8.42 Å². The lowest BCUT2D eigenvalue weighted by molar-refractivity contribution is -0.112. The first-order chi connectivity index (χ1) is 17.7. The normalized spacial score (nSPS) is 11.4. The number of nitrogens with zero attached hydrogens (tertiary/aromatic N) is 3. The van der Waals surface area contributed by atoms with E-state index in [1.807, 2.05) is 30.3 Å². The zero-order valence-corrected chi connectivity index (χ0v) is 21.9. The molecule has 1 heterocycles. The van der Waals surface area contributed by atoms with Crippen LogP contribution in [-0.2, 0) is 14.6 Å². The number of nitriles is 1. The first-order valence-corrected chi connectivity index (χ1v) is 13.5. The van der Waals surface area contributed by atoms with Crippen LogP contribution < -0.4 is 24.3 Å². The number of ether oxygens (including phenoxy) is 4. The topological polar surface area (TPSA) is 150 Å². The molecule has 0 saturated carbocycles. The van der Waals surface area contributed by atoms with E-state index in [2.05, 4.69) is 15.5 Å². The Bertz CT molecular complexity index is 1410. The number of sulfone groups is 1. The van der Waals surface area contributed by atoms with Gasteiger partial charge in [-0.05, 0) is 48.0 Å². The number of amides is 1. The van der Waals surface area contributed by atoms with Gasteiger partial charge in [0.2, 0.25) is 19.3 Å². The van der Waals surface area contributed by atoms with Crippen LogP contribution in [-0.4, -0.2) is 58.2 Å². The molecule has 2 aromatic carbocycles. The van der Waals surface area contributed by atoms with E-state index < -0.39 is 15.7 Å². The van der Waals surface area contributed by atoms with Gasteiger partial charge in [-0.3, -0.25) is 10.1 Å². The number of rotatable bonds is 12. The van der Waals surface area contributed by atoms with E-state index in [4.69, 9.17) is 18.9 Å². The van der Waals surface area contributed by atoms with Crippen molar-refractivity contribution in [2.45, 2.75) is 10.8 Å². The molecule has 0 aliphatic rings. The third kappa shape index (κ3) is 7.92. The summed E-state index contributed by atoms with van der Waals surface area (Å²) in [6.45, 7) is 0.835. The molecule has 0 saturated heterocycles. The lowest BCUT2D eigenvalue weighted by Gasteiger charge is -2.12. The molecule has 0 aliphatic carbocycles. The van der Waals surface area contributed by atoms with Crippen LogP contribution in [0.1, 0.15) is 12.0 Å².